The highest BCUT2D eigenvalue weighted by molar-refractivity contribution is 9.10. The van der Waals surface area contributed by atoms with E-state index in [2.05, 4.69) is 15.9 Å². The second-order valence-corrected chi connectivity index (χ2v) is 4.56. The van der Waals surface area contributed by atoms with Crippen molar-refractivity contribution in [2.75, 3.05) is 20.6 Å². The number of halogens is 2. The third-order valence-electron chi connectivity index (χ3n) is 1.88. The Balaban J connectivity index is 2.65. The largest absolute Gasteiger partial charge is 0.302 e. The summed E-state index contributed by atoms with van der Waals surface area (Å²) in [7, 11) is 3.69. The van der Waals surface area contributed by atoms with Gasteiger partial charge >= 0.3 is 0 Å². The minimum absolute atomic E-state index is 0.124. The third kappa shape index (κ3) is 4.10. The van der Waals surface area contributed by atoms with E-state index >= 15 is 0 Å². The number of ketones is 1. The Morgan fingerprint density at radius 1 is 1.47 bits per heavy atom. The zero-order valence-electron chi connectivity index (χ0n) is 8.76. The Labute approximate surface area is 97.2 Å². The van der Waals surface area contributed by atoms with Gasteiger partial charge in [-0.2, -0.15) is 0 Å². The van der Waals surface area contributed by atoms with Crippen molar-refractivity contribution in [1.82, 2.24) is 4.90 Å². The summed E-state index contributed by atoms with van der Waals surface area (Å²) in [6, 6.07) is 4.64. The molecular formula is C11H13BrFNO. The summed E-state index contributed by atoms with van der Waals surface area (Å²) < 4.78 is 13.3. The molecule has 0 N–H and O–H groups in total. The van der Waals surface area contributed by atoms with Crippen LogP contribution in [0.2, 0.25) is 0 Å². The highest BCUT2D eigenvalue weighted by atomic mass is 79.9. The molecule has 0 amide bonds. The first-order chi connectivity index (χ1) is 6.99. The number of benzene rings is 1. The van der Waals surface area contributed by atoms with Crippen LogP contribution in [0.4, 0.5) is 4.39 Å². The summed E-state index contributed by atoms with van der Waals surface area (Å²) in [6.07, 6.45) is 0.344. The molecule has 4 heteroatoms. The van der Waals surface area contributed by atoms with Gasteiger partial charge in [-0.15, -0.1) is 0 Å². The van der Waals surface area contributed by atoms with E-state index in [0.717, 1.165) is 5.56 Å². The number of carbonyl (C=O) groups excluding carboxylic acids is 1. The molecule has 0 bridgehead atoms. The molecule has 0 saturated heterocycles. The third-order valence-corrected chi connectivity index (χ3v) is 2.49. The van der Waals surface area contributed by atoms with Gasteiger partial charge in [-0.1, -0.05) is 6.07 Å². The second kappa shape index (κ2) is 5.37. The SMILES string of the molecule is CN(C)CC(=O)Cc1ccc(F)c(Br)c1. The molecule has 0 spiro atoms. The maximum Gasteiger partial charge on any atom is 0.151 e. The van der Waals surface area contributed by atoms with Gasteiger partial charge < -0.3 is 4.90 Å². The van der Waals surface area contributed by atoms with Crippen LogP contribution in [0.1, 0.15) is 5.56 Å². The maximum atomic E-state index is 12.9. The normalized spacial score (nSPS) is 10.7. The molecule has 1 rings (SSSR count). The van der Waals surface area contributed by atoms with Crippen LogP contribution in [0.5, 0.6) is 0 Å². The molecule has 2 nitrogen and oxygen atoms in total. The Bertz CT molecular complexity index is 366. The van der Waals surface area contributed by atoms with Crippen molar-refractivity contribution in [3.8, 4) is 0 Å². The van der Waals surface area contributed by atoms with E-state index in [0.29, 0.717) is 17.4 Å². The molecule has 82 valence electrons. The molecule has 0 heterocycles. The maximum absolute atomic E-state index is 12.9. The van der Waals surface area contributed by atoms with Crippen LogP contribution < -0.4 is 0 Å². The number of hydrogen-bond donors (Lipinski definition) is 0. The molecule has 1 aromatic carbocycles. The summed E-state index contributed by atoms with van der Waals surface area (Å²) in [6.45, 7) is 0.412. The van der Waals surface area contributed by atoms with E-state index in [9.17, 15) is 9.18 Å². The fraction of sp³-hybridized carbons (Fsp3) is 0.364. The number of hydrogen-bond acceptors (Lipinski definition) is 2. The van der Waals surface area contributed by atoms with Crippen molar-refractivity contribution in [2.45, 2.75) is 6.42 Å². The predicted molar refractivity (Wildman–Crippen MR) is 61.4 cm³/mol. The number of likely N-dealkylation sites (N-methyl/N-ethyl adjacent to an activating group) is 1. The molecule has 0 aliphatic rings. The van der Waals surface area contributed by atoms with Crippen molar-refractivity contribution < 1.29 is 9.18 Å². The molecule has 0 aliphatic heterocycles. The van der Waals surface area contributed by atoms with E-state index in [4.69, 9.17) is 0 Å². The Kier molecular flexibility index (Phi) is 4.42. The molecule has 0 unspecified atom stereocenters. The molecule has 0 aromatic heterocycles. The summed E-state index contributed by atoms with van der Waals surface area (Å²) >= 11 is 3.09. The summed E-state index contributed by atoms with van der Waals surface area (Å²) in [5.74, 6) is -0.183. The number of rotatable bonds is 4. The van der Waals surface area contributed by atoms with Crippen LogP contribution in [0, 0.1) is 5.82 Å². The Morgan fingerprint density at radius 2 is 2.13 bits per heavy atom. The Morgan fingerprint density at radius 3 is 2.67 bits per heavy atom. The molecule has 15 heavy (non-hydrogen) atoms. The van der Waals surface area contributed by atoms with Gasteiger partial charge in [0.2, 0.25) is 0 Å². The lowest BCUT2D eigenvalue weighted by Gasteiger charge is -2.08. The fourth-order valence-corrected chi connectivity index (χ4v) is 1.71. The van der Waals surface area contributed by atoms with Crippen LogP contribution in [0.25, 0.3) is 0 Å². The van der Waals surface area contributed by atoms with Crippen LogP contribution in [0.15, 0.2) is 22.7 Å². The first kappa shape index (κ1) is 12.3. The van der Waals surface area contributed by atoms with Crippen molar-refractivity contribution in [1.29, 1.82) is 0 Å². The van der Waals surface area contributed by atoms with E-state index in [1.165, 1.54) is 6.07 Å². The van der Waals surface area contributed by atoms with Crippen molar-refractivity contribution in [3.63, 3.8) is 0 Å². The lowest BCUT2D eigenvalue weighted by molar-refractivity contribution is -0.119. The van der Waals surface area contributed by atoms with Gasteiger partial charge in [-0.25, -0.2) is 4.39 Å². The van der Waals surface area contributed by atoms with E-state index in [1.54, 1.807) is 12.1 Å². The summed E-state index contributed by atoms with van der Waals surface area (Å²) in [5.41, 5.74) is 0.829. The number of carbonyl (C=O) groups is 1. The van der Waals surface area contributed by atoms with Crippen molar-refractivity contribution in [2.24, 2.45) is 0 Å². The van der Waals surface area contributed by atoms with Crippen molar-refractivity contribution in [3.05, 3.63) is 34.1 Å². The quantitative estimate of drug-likeness (QED) is 0.839. The van der Waals surface area contributed by atoms with Gasteiger partial charge in [0, 0.05) is 6.42 Å². The van der Waals surface area contributed by atoms with E-state index < -0.39 is 0 Å². The highest BCUT2D eigenvalue weighted by Crippen LogP contribution is 2.17. The molecule has 0 atom stereocenters. The standard InChI is InChI=1S/C11H13BrFNO/c1-14(2)7-9(15)5-8-3-4-11(13)10(12)6-8/h3-4,6H,5,7H2,1-2H3. The van der Waals surface area contributed by atoms with Gasteiger partial charge in [-0.3, -0.25) is 4.79 Å². The van der Waals surface area contributed by atoms with Gasteiger partial charge in [0.15, 0.2) is 5.78 Å². The lowest BCUT2D eigenvalue weighted by Crippen LogP contribution is -2.22. The topological polar surface area (TPSA) is 20.3 Å². The smallest absolute Gasteiger partial charge is 0.151 e. The minimum Gasteiger partial charge on any atom is -0.302 e. The average Bonchev–Trinajstić information content (AvgIpc) is 2.10. The molecule has 1 aromatic rings. The summed E-state index contributed by atoms with van der Waals surface area (Å²) in [5, 5.41) is 0. The molecular weight excluding hydrogens is 261 g/mol. The van der Waals surface area contributed by atoms with Crippen molar-refractivity contribution >= 4 is 21.7 Å². The van der Waals surface area contributed by atoms with Crippen LogP contribution >= 0.6 is 15.9 Å². The van der Waals surface area contributed by atoms with Gasteiger partial charge in [-0.05, 0) is 47.7 Å². The van der Waals surface area contributed by atoms with Crippen LogP contribution in [-0.4, -0.2) is 31.3 Å². The van der Waals surface area contributed by atoms with E-state index in [-0.39, 0.29) is 11.6 Å². The van der Waals surface area contributed by atoms with Gasteiger partial charge in [0.05, 0.1) is 11.0 Å². The first-order valence-corrected chi connectivity index (χ1v) is 5.38. The first-order valence-electron chi connectivity index (χ1n) is 4.59. The minimum atomic E-state index is -0.307. The van der Waals surface area contributed by atoms with Crippen LogP contribution in [0.3, 0.4) is 0 Å². The lowest BCUT2D eigenvalue weighted by atomic mass is 10.1. The summed E-state index contributed by atoms with van der Waals surface area (Å²) in [4.78, 5) is 13.3. The fourth-order valence-electron chi connectivity index (χ4n) is 1.29. The monoisotopic (exact) mass is 273 g/mol. The second-order valence-electron chi connectivity index (χ2n) is 3.70. The predicted octanol–water partition coefficient (Wildman–Crippen LogP) is 2.26. The van der Waals surface area contributed by atoms with Gasteiger partial charge in [0.1, 0.15) is 5.82 Å². The number of nitrogens with zero attached hydrogens (tertiary/aromatic N) is 1. The molecule has 0 radical (unpaired) electrons. The average molecular weight is 274 g/mol. The zero-order chi connectivity index (χ0) is 11.4. The molecule has 0 fully saturated rings. The highest BCUT2D eigenvalue weighted by Gasteiger charge is 2.06. The van der Waals surface area contributed by atoms with Crippen LogP contribution in [-0.2, 0) is 11.2 Å². The van der Waals surface area contributed by atoms with E-state index in [1.807, 2.05) is 19.0 Å². The molecule has 0 aliphatic carbocycles. The van der Waals surface area contributed by atoms with Gasteiger partial charge in [0.25, 0.3) is 0 Å². The zero-order valence-corrected chi connectivity index (χ0v) is 10.3. The molecule has 0 saturated carbocycles. The number of Topliss-reactive ketones (excluding diaryl/α,β-unsaturated/α-hetero) is 1. The Hall–Kier alpha value is -0.740.